The molecule has 0 bridgehead atoms. The first-order valence-corrected chi connectivity index (χ1v) is 9.88. The molecule has 6 heteroatoms. The van der Waals surface area contributed by atoms with Crippen molar-refractivity contribution in [1.29, 1.82) is 0 Å². The molecule has 2 aromatic heterocycles. The molecule has 0 spiro atoms. The van der Waals surface area contributed by atoms with E-state index in [1.807, 2.05) is 58.0 Å². The van der Waals surface area contributed by atoms with E-state index in [1.165, 1.54) is 0 Å². The molecule has 26 heavy (non-hydrogen) atoms. The van der Waals surface area contributed by atoms with Crippen molar-refractivity contribution < 1.29 is 4.79 Å². The first-order valence-electron chi connectivity index (χ1n) is 8.89. The number of likely N-dealkylation sites (tertiary alicyclic amines) is 1. The molecular formula is C20H22N4OS. The number of piperidine rings is 1. The number of hydrogen-bond donors (Lipinski definition) is 1. The number of hydrogen-bond acceptors (Lipinski definition) is 4. The summed E-state index contributed by atoms with van der Waals surface area (Å²) >= 11 is 1.73. The molecule has 2 N–H and O–H groups in total. The summed E-state index contributed by atoms with van der Waals surface area (Å²) in [6, 6.07) is 14.1. The molecule has 0 atom stereocenters. The summed E-state index contributed by atoms with van der Waals surface area (Å²) < 4.78 is 2.03. The van der Waals surface area contributed by atoms with Crippen molar-refractivity contribution in [3.05, 3.63) is 66.1 Å². The highest BCUT2D eigenvalue weighted by Crippen LogP contribution is 2.23. The molecule has 3 aromatic rings. The Balaban J connectivity index is 1.37. The van der Waals surface area contributed by atoms with Crippen molar-refractivity contribution in [2.45, 2.75) is 29.5 Å². The van der Waals surface area contributed by atoms with Crippen LogP contribution in [0.4, 0.5) is 0 Å². The number of pyridine rings is 1. The normalized spacial score (nSPS) is 15.5. The fraction of sp³-hybridized carbons (Fsp3) is 0.300. The Bertz CT molecular complexity index is 865. The maximum Gasteiger partial charge on any atom is 0.253 e. The average molecular weight is 366 g/mol. The topological polar surface area (TPSA) is 63.6 Å². The van der Waals surface area contributed by atoms with Gasteiger partial charge >= 0.3 is 0 Å². The lowest BCUT2D eigenvalue weighted by atomic mass is 10.1. The number of carbonyl (C=O) groups is 1. The van der Waals surface area contributed by atoms with E-state index in [2.05, 4.69) is 11.2 Å². The van der Waals surface area contributed by atoms with Crippen LogP contribution in [0.5, 0.6) is 0 Å². The first-order chi connectivity index (χ1) is 12.7. The van der Waals surface area contributed by atoms with Gasteiger partial charge in [0.15, 0.2) is 0 Å². The summed E-state index contributed by atoms with van der Waals surface area (Å²) in [4.78, 5) is 20.2. The van der Waals surface area contributed by atoms with Gasteiger partial charge in [0.05, 0.1) is 5.69 Å². The van der Waals surface area contributed by atoms with E-state index in [9.17, 15) is 4.79 Å². The molecule has 0 unspecified atom stereocenters. The summed E-state index contributed by atoms with van der Waals surface area (Å²) in [6.45, 7) is 1.51. The van der Waals surface area contributed by atoms with E-state index in [-0.39, 0.29) is 11.9 Å². The van der Waals surface area contributed by atoms with Gasteiger partial charge in [-0.15, -0.1) is 11.8 Å². The minimum absolute atomic E-state index is 0.105. The molecule has 134 valence electrons. The van der Waals surface area contributed by atoms with E-state index in [4.69, 9.17) is 5.73 Å². The predicted octanol–water partition coefficient (Wildman–Crippen LogP) is 3.19. The summed E-state index contributed by atoms with van der Waals surface area (Å²) in [5.41, 5.74) is 8.67. The Morgan fingerprint density at radius 3 is 2.65 bits per heavy atom. The molecule has 3 heterocycles. The molecule has 5 nitrogen and oxygen atoms in total. The lowest BCUT2D eigenvalue weighted by molar-refractivity contribution is 0.0714. The van der Waals surface area contributed by atoms with E-state index >= 15 is 0 Å². The molecule has 1 aliphatic heterocycles. The first kappa shape index (κ1) is 17.1. The molecule has 1 aliphatic rings. The number of nitrogens with two attached hydrogens (primary N) is 1. The second kappa shape index (κ2) is 7.51. The zero-order valence-electron chi connectivity index (χ0n) is 14.5. The second-order valence-corrected chi connectivity index (χ2v) is 7.69. The molecule has 1 saturated heterocycles. The van der Waals surface area contributed by atoms with Crippen LogP contribution in [0.1, 0.15) is 28.9 Å². The fourth-order valence-electron chi connectivity index (χ4n) is 3.19. The Hall–Kier alpha value is -2.31. The Kier molecular flexibility index (Phi) is 4.95. The number of rotatable bonds is 4. The molecule has 0 aliphatic carbocycles. The van der Waals surface area contributed by atoms with Gasteiger partial charge in [-0.2, -0.15) is 0 Å². The lowest BCUT2D eigenvalue weighted by Gasteiger charge is -2.30. The predicted molar refractivity (Wildman–Crippen MR) is 104 cm³/mol. The highest BCUT2D eigenvalue weighted by atomic mass is 32.2. The van der Waals surface area contributed by atoms with Crippen molar-refractivity contribution >= 4 is 23.3 Å². The van der Waals surface area contributed by atoms with E-state index < -0.39 is 0 Å². The van der Waals surface area contributed by atoms with Crippen molar-refractivity contribution in [2.75, 3.05) is 13.1 Å². The number of thioether (sulfide) groups is 1. The van der Waals surface area contributed by atoms with Crippen molar-refractivity contribution in [3.63, 3.8) is 0 Å². The fourth-order valence-corrected chi connectivity index (χ4v) is 3.98. The van der Waals surface area contributed by atoms with Crippen LogP contribution >= 0.6 is 11.8 Å². The largest absolute Gasteiger partial charge is 0.339 e. The van der Waals surface area contributed by atoms with Gasteiger partial charge < -0.3 is 15.0 Å². The average Bonchev–Trinajstić information content (AvgIpc) is 3.10. The minimum Gasteiger partial charge on any atom is -0.339 e. The van der Waals surface area contributed by atoms with Crippen molar-refractivity contribution in [2.24, 2.45) is 5.73 Å². The summed E-state index contributed by atoms with van der Waals surface area (Å²) in [6.07, 6.45) is 5.84. The molecule has 4 rings (SSSR count). The minimum atomic E-state index is 0.105. The van der Waals surface area contributed by atoms with E-state index in [0.717, 1.165) is 53.5 Å². The summed E-state index contributed by atoms with van der Waals surface area (Å²) in [5, 5.41) is 0. The number of aromatic nitrogens is 2. The highest BCUT2D eigenvalue weighted by molar-refractivity contribution is 7.98. The van der Waals surface area contributed by atoms with Gasteiger partial charge in [-0.25, -0.2) is 4.98 Å². The number of amides is 1. The van der Waals surface area contributed by atoms with Gasteiger partial charge in [-0.3, -0.25) is 4.79 Å². The van der Waals surface area contributed by atoms with Crippen LogP contribution in [0, 0.1) is 0 Å². The molecule has 0 radical (unpaired) electrons. The van der Waals surface area contributed by atoms with Gasteiger partial charge in [0, 0.05) is 47.7 Å². The Morgan fingerprint density at radius 1 is 1.15 bits per heavy atom. The van der Waals surface area contributed by atoms with Crippen LogP contribution < -0.4 is 5.73 Å². The number of benzene rings is 1. The maximum atomic E-state index is 12.6. The summed E-state index contributed by atoms with van der Waals surface area (Å²) in [7, 11) is 0. The maximum absolute atomic E-state index is 12.6. The molecule has 1 amide bonds. The van der Waals surface area contributed by atoms with Crippen LogP contribution in [0.25, 0.3) is 5.65 Å². The SMILES string of the molecule is NC1CCN(C(=O)c2ccc(SCc3cn4ccccc4n3)cc2)CC1. The monoisotopic (exact) mass is 366 g/mol. The third-order valence-corrected chi connectivity index (χ3v) is 5.77. The van der Waals surface area contributed by atoms with Crippen LogP contribution in [-0.4, -0.2) is 39.3 Å². The third kappa shape index (κ3) is 3.76. The van der Waals surface area contributed by atoms with E-state index in [0.29, 0.717) is 0 Å². The van der Waals surface area contributed by atoms with Crippen LogP contribution in [0.3, 0.4) is 0 Å². The van der Waals surface area contributed by atoms with Gasteiger partial charge in [-0.05, 0) is 49.2 Å². The van der Waals surface area contributed by atoms with E-state index in [1.54, 1.807) is 11.8 Å². The number of carbonyl (C=O) groups excluding carboxylic acids is 1. The van der Waals surface area contributed by atoms with Gasteiger partial charge in [0.1, 0.15) is 5.65 Å². The smallest absolute Gasteiger partial charge is 0.253 e. The van der Waals surface area contributed by atoms with Crippen LogP contribution in [0.2, 0.25) is 0 Å². The van der Waals surface area contributed by atoms with Crippen molar-refractivity contribution in [1.82, 2.24) is 14.3 Å². The highest BCUT2D eigenvalue weighted by Gasteiger charge is 2.21. The van der Waals surface area contributed by atoms with Gasteiger partial charge in [0.2, 0.25) is 0 Å². The summed E-state index contributed by atoms with van der Waals surface area (Å²) in [5.74, 6) is 0.910. The van der Waals surface area contributed by atoms with Crippen LogP contribution in [-0.2, 0) is 5.75 Å². The third-order valence-electron chi connectivity index (χ3n) is 4.73. The Morgan fingerprint density at radius 2 is 1.92 bits per heavy atom. The number of imidazole rings is 1. The molecular weight excluding hydrogens is 344 g/mol. The lowest BCUT2D eigenvalue weighted by Crippen LogP contribution is -2.42. The van der Waals surface area contributed by atoms with Gasteiger partial charge in [0.25, 0.3) is 5.91 Å². The van der Waals surface area contributed by atoms with Gasteiger partial charge in [-0.1, -0.05) is 6.07 Å². The second-order valence-electron chi connectivity index (χ2n) is 6.64. The number of nitrogens with zero attached hydrogens (tertiary/aromatic N) is 3. The zero-order chi connectivity index (χ0) is 17.9. The quantitative estimate of drug-likeness (QED) is 0.720. The zero-order valence-corrected chi connectivity index (χ0v) is 15.4. The molecule has 1 fully saturated rings. The molecule has 1 aromatic carbocycles. The van der Waals surface area contributed by atoms with Crippen LogP contribution in [0.15, 0.2) is 59.8 Å². The Labute approximate surface area is 157 Å². The van der Waals surface area contributed by atoms with Crippen molar-refractivity contribution in [3.8, 4) is 0 Å². The standard InChI is InChI=1S/C20H22N4OS/c21-16-8-11-23(12-9-16)20(25)15-4-6-18(7-5-15)26-14-17-13-24-10-2-1-3-19(24)22-17/h1-7,10,13,16H,8-9,11-12,14,21H2. The number of fused-ring (bicyclic) bond motifs is 1. The molecule has 0 saturated carbocycles.